The summed E-state index contributed by atoms with van der Waals surface area (Å²) in [5.74, 6) is 1.12. The van der Waals surface area contributed by atoms with E-state index in [2.05, 4.69) is 33.2 Å². The molecule has 1 saturated carbocycles. The van der Waals surface area contributed by atoms with Gasteiger partial charge in [-0.25, -0.2) is 4.39 Å². The summed E-state index contributed by atoms with van der Waals surface area (Å²) in [6.07, 6.45) is 4.41. The van der Waals surface area contributed by atoms with Gasteiger partial charge < -0.3 is 19.6 Å². The van der Waals surface area contributed by atoms with Gasteiger partial charge in [-0.2, -0.15) is 0 Å². The summed E-state index contributed by atoms with van der Waals surface area (Å²) >= 11 is 0. The number of amidine groups is 1. The van der Waals surface area contributed by atoms with Crippen molar-refractivity contribution >= 4 is 11.8 Å². The molecule has 0 amide bonds. The molecule has 2 saturated heterocycles. The third-order valence-electron chi connectivity index (χ3n) is 8.67. The number of benzene rings is 2. The van der Waals surface area contributed by atoms with Gasteiger partial charge >= 0.3 is 5.97 Å². The lowest BCUT2D eigenvalue weighted by Crippen LogP contribution is -2.61. The fraction of sp³-hybridized carbons (Fsp3) is 0.533. The molecule has 1 N–H and O–H groups in total. The lowest BCUT2D eigenvalue weighted by atomic mass is 9.80. The van der Waals surface area contributed by atoms with Crippen LogP contribution >= 0.6 is 0 Å². The number of aliphatic carboxylic acids is 1. The summed E-state index contributed by atoms with van der Waals surface area (Å²) in [4.78, 5) is 22.1. The van der Waals surface area contributed by atoms with E-state index in [0.717, 1.165) is 43.0 Å². The number of rotatable bonds is 7. The van der Waals surface area contributed by atoms with Crippen molar-refractivity contribution in [3.8, 4) is 16.9 Å². The Bertz CT molecular complexity index is 1260. The molecule has 202 valence electrons. The van der Waals surface area contributed by atoms with Crippen LogP contribution in [0.15, 0.2) is 41.6 Å². The summed E-state index contributed by atoms with van der Waals surface area (Å²) in [6, 6.07) is 11.5. The number of carbonyl (C=O) groups is 1. The molecular weight excluding hydrogens is 485 g/mol. The van der Waals surface area contributed by atoms with Crippen molar-refractivity contribution in [2.45, 2.75) is 64.0 Å². The van der Waals surface area contributed by atoms with E-state index in [1.165, 1.54) is 36.1 Å². The number of nitrogens with zero attached hydrogens (tertiary/aromatic N) is 3. The number of likely N-dealkylation sites (tertiary alicyclic amines) is 2. The highest BCUT2D eigenvalue weighted by atomic mass is 19.1. The maximum absolute atomic E-state index is 13.9. The van der Waals surface area contributed by atoms with E-state index in [9.17, 15) is 14.3 Å². The van der Waals surface area contributed by atoms with Gasteiger partial charge in [0, 0.05) is 44.4 Å². The molecule has 0 atom stereocenters. The molecule has 3 aliphatic heterocycles. The summed E-state index contributed by atoms with van der Waals surface area (Å²) < 4.78 is 19.7. The maximum atomic E-state index is 13.9. The number of ether oxygens (including phenoxy) is 1. The van der Waals surface area contributed by atoms with Crippen LogP contribution in [-0.2, 0) is 16.2 Å². The highest BCUT2D eigenvalue weighted by Gasteiger charge is 2.51. The van der Waals surface area contributed by atoms with Crippen LogP contribution in [-0.4, -0.2) is 65.1 Å². The van der Waals surface area contributed by atoms with Crippen molar-refractivity contribution in [1.82, 2.24) is 9.80 Å². The fourth-order valence-electron chi connectivity index (χ4n) is 6.13. The monoisotopic (exact) mass is 521 g/mol. The van der Waals surface area contributed by atoms with Crippen molar-refractivity contribution in [3.05, 3.63) is 53.3 Å². The van der Waals surface area contributed by atoms with Crippen LogP contribution in [0.1, 0.15) is 63.0 Å². The SMILES string of the molecule is CCOc1cc(F)ccc1-c1ccc(CN2CC3(CC(N4CCC(C)(C(=O)O)CC4)=NO3)C2)cc1C1CC1. The maximum Gasteiger partial charge on any atom is 0.309 e. The summed E-state index contributed by atoms with van der Waals surface area (Å²) in [7, 11) is 0. The molecule has 0 bridgehead atoms. The average Bonchev–Trinajstić information content (AvgIpc) is 3.63. The third-order valence-corrected chi connectivity index (χ3v) is 8.67. The van der Waals surface area contributed by atoms with Gasteiger partial charge in [0.05, 0.1) is 18.4 Å². The predicted molar refractivity (Wildman–Crippen MR) is 143 cm³/mol. The number of carboxylic acid groups (broad SMARTS) is 1. The summed E-state index contributed by atoms with van der Waals surface area (Å²) in [6.45, 7) is 8.17. The molecule has 6 rings (SSSR count). The summed E-state index contributed by atoms with van der Waals surface area (Å²) in [5.41, 5.74) is 3.79. The minimum atomic E-state index is -0.710. The van der Waals surface area contributed by atoms with E-state index in [-0.39, 0.29) is 11.4 Å². The number of hydrogen-bond acceptors (Lipinski definition) is 6. The van der Waals surface area contributed by atoms with Crippen LogP contribution in [0.5, 0.6) is 5.75 Å². The lowest BCUT2D eigenvalue weighted by molar-refractivity contribution is -0.150. The number of oxime groups is 1. The fourth-order valence-corrected chi connectivity index (χ4v) is 6.13. The van der Waals surface area contributed by atoms with Gasteiger partial charge in [-0.1, -0.05) is 23.4 Å². The second-order valence-corrected chi connectivity index (χ2v) is 11.7. The molecule has 38 heavy (non-hydrogen) atoms. The molecule has 4 aliphatic rings. The Morgan fingerprint density at radius 2 is 1.89 bits per heavy atom. The van der Waals surface area contributed by atoms with Crippen molar-refractivity contribution in [2.75, 3.05) is 32.8 Å². The highest BCUT2D eigenvalue weighted by molar-refractivity contribution is 5.85. The van der Waals surface area contributed by atoms with Gasteiger partial charge in [0.15, 0.2) is 5.60 Å². The van der Waals surface area contributed by atoms with E-state index in [0.29, 0.717) is 44.2 Å². The molecule has 0 radical (unpaired) electrons. The minimum Gasteiger partial charge on any atom is -0.493 e. The second kappa shape index (κ2) is 9.56. The van der Waals surface area contributed by atoms with Gasteiger partial charge in [-0.15, -0.1) is 0 Å². The van der Waals surface area contributed by atoms with Gasteiger partial charge in [0.25, 0.3) is 0 Å². The third kappa shape index (κ3) is 4.75. The topological polar surface area (TPSA) is 74.6 Å². The van der Waals surface area contributed by atoms with E-state index in [4.69, 9.17) is 9.57 Å². The molecule has 7 nitrogen and oxygen atoms in total. The first-order valence-electron chi connectivity index (χ1n) is 13.8. The van der Waals surface area contributed by atoms with E-state index < -0.39 is 11.4 Å². The minimum absolute atomic E-state index is 0.261. The number of carboxylic acids is 1. The van der Waals surface area contributed by atoms with E-state index in [1.807, 2.05) is 19.9 Å². The molecule has 2 aromatic rings. The Kier molecular flexibility index (Phi) is 6.33. The van der Waals surface area contributed by atoms with Crippen molar-refractivity contribution in [2.24, 2.45) is 10.6 Å². The smallest absolute Gasteiger partial charge is 0.309 e. The Morgan fingerprint density at radius 1 is 1.16 bits per heavy atom. The first-order valence-corrected chi connectivity index (χ1v) is 13.8. The van der Waals surface area contributed by atoms with Crippen LogP contribution in [0, 0.1) is 11.2 Å². The molecular formula is C30H36FN3O4. The molecule has 0 aromatic heterocycles. The van der Waals surface area contributed by atoms with Gasteiger partial charge in [-0.05, 0) is 74.3 Å². The number of piperidine rings is 1. The van der Waals surface area contributed by atoms with Gasteiger partial charge in [0.1, 0.15) is 17.4 Å². The predicted octanol–water partition coefficient (Wildman–Crippen LogP) is 5.24. The molecule has 1 aliphatic carbocycles. The Balaban J connectivity index is 1.09. The first-order chi connectivity index (χ1) is 18.3. The second-order valence-electron chi connectivity index (χ2n) is 11.7. The zero-order valence-electron chi connectivity index (χ0n) is 22.2. The normalized spacial score (nSPS) is 22.1. The lowest BCUT2D eigenvalue weighted by Gasteiger charge is -2.45. The molecule has 3 heterocycles. The Morgan fingerprint density at radius 3 is 2.58 bits per heavy atom. The largest absolute Gasteiger partial charge is 0.493 e. The van der Waals surface area contributed by atoms with Crippen molar-refractivity contribution in [3.63, 3.8) is 0 Å². The number of hydrogen-bond donors (Lipinski definition) is 1. The molecule has 2 aromatic carbocycles. The van der Waals surface area contributed by atoms with E-state index in [1.54, 1.807) is 0 Å². The highest BCUT2D eigenvalue weighted by Crippen LogP contribution is 2.47. The van der Waals surface area contributed by atoms with Gasteiger partial charge in [0.2, 0.25) is 0 Å². The van der Waals surface area contributed by atoms with Crippen LogP contribution in [0.25, 0.3) is 11.1 Å². The Labute approximate surface area is 223 Å². The van der Waals surface area contributed by atoms with Crippen LogP contribution in [0.4, 0.5) is 4.39 Å². The van der Waals surface area contributed by atoms with Gasteiger partial charge in [-0.3, -0.25) is 9.69 Å². The quantitative estimate of drug-likeness (QED) is 0.537. The molecule has 0 unspecified atom stereocenters. The zero-order chi connectivity index (χ0) is 26.5. The van der Waals surface area contributed by atoms with Crippen LogP contribution in [0.3, 0.4) is 0 Å². The van der Waals surface area contributed by atoms with Crippen LogP contribution < -0.4 is 4.74 Å². The molecule has 8 heteroatoms. The molecule has 3 fully saturated rings. The standard InChI is InChI=1S/C30H36FN3O4/c1-3-37-26-15-22(31)7-9-24(26)23-8-4-20(14-25(23)21-5-6-21)17-33-18-30(19-33)16-27(32-38-30)34-12-10-29(2,11-13-34)28(35)36/h4,7-9,14-15,21H,3,5-6,10-13,16-19H2,1-2H3,(H,35,36). The molecule has 1 spiro atoms. The Hall–Kier alpha value is -3.13. The summed E-state index contributed by atoms with van der Waals surface area (Å²) in [5, 5.41) is 13.9. The average molecular weight is 522 g/mol. The zero-order valence-corrected chi connectivity index (χ0v) is 22.2. The number of halogens is 1. The van der Waals surface area contributed by atoms with Crippen molar-refractivity contribution in [1.29, 1.82) is 0 Å². The first kappa shape index (κ1) is 25.2. The van der Waals surface area contributed by atoms with Crippen molar-refractivity contribution < 1.29 is 23.9 Å². The van der Waals surface area contributed by atoms with E-state index >= 15 is 0 Å². The van der Waals surface area contributed by atoms with Crippen LogP contribution in [0.2, 0.25) is 0 Å².